The predicted molar refractivity (Wildman–Crippen MR) is 118 cm³/mol. The fraction of sp³-hybridized carbons (Fsp3) is 0.364. The second-order valence-electron chi connectivity index (χ2n) is 8.06. The van der Waals surface area contributed by atoms with E-state index in [1.165, 1.54) is 24.3 Å². The zero-order chi connectivity index (χ0) is 23.5. The van der Waals surface area contributed by atoms with Crippen molar-refractivity contribution in [3.05, 3.63) is 59.7 Å². The Labute approximate surface area is 188 Å². The van der Waals surface area contributed by atoms with Gasteiger partial charge < -0.3 is 0 Å². The lowest BCUT2D eigenvalue weighted by Crippen LogP contribution is -2.46. The van der Waals surface area contributed by atoms with Crippen molar-refractivity contribution in [3.8, 4) is 0 Å². The topological polar surface area (TPSA) is 126 Å². The number of carbonyl (C=O) groups is 2. The summed E-state index contributed by atoms with van der Waals surface area (Å²) in [6, 6.07) is 12.0. The SMILES string of the molecule is Cc1ccc(S(=O)(=O)NC(=O)C2CCCCC2C(=O)NS(=O)(=O)c2ccc(C)cc2)cc1. The van der Waals surface area contributed by atoms with Gasteiger partial charge in [0.15, 0.2) is 0 Å². The molecule has 2 atom stereocenters. The highest BCUT2D eigenvalue weighted by atomic mass is 32.2. The van der Waals surface area contributed by atoms with E-state index >= 15 is 0 Å². The van der Waals surface area contributed by atoms with Gasteiger partial charge in [-0.25, -0.2) is 26.3 Å². The largest absolute Gasteiger partial charge is 0.274 e. The Balaban J connectivity index is 1.76. The molecular weight excluding hydrogens is 452 g/mol. The minimum atomic E-state index is -4.11. The molecule has 1 fully saturated rings. The summed E-state index contributed by atoms with van der Waals surface area (Å²) < 4.78 is 54.4. The molecule has 3 rings (SSSR count). The smallest absolute Gasteiger partial charge is 0.264 e. The van der Waals surface area contributed by atoms with Crippen molar-refractivity contribution in [3.63, 3.8) is 0 Å². The maximum Gasteiger partial charge on any atom is 0.264 e. The van der Waals surface area contributed by atoms with Gasteiger partial charge in [0.1, 0.15) is 0 Å². The molecule has 2 N–H and O–H groups in total. The van der Waals surface area contributed by atoms with Crippen LogP contribution in [0.25, 0.3) is 0 Å². The molecule has 0 heterocycles. The molecule has 0 spiro atoms. The molecule has 0 aromatic heterocycles. The van der Waals surface area contributed by atoms with Crippen LogP contribution in [0, 0.1) is 25.7 Å². The van der Waals surface area contributed by atoms with Crippen molar-refractivity contribution in [1.82, 2.24) is 9.44 Å². The fourth-order valence-electron chi connectivity index (χ4n) is 3.73. The molecule has 0 radical (unpaired) electrons. The Morgan fingerprint density at radius 3 is 1.28 bits per heavy atom. The number of amides is 2. The second-order valence-corrected chi connectivity index (χ2v) is 11.4. The summed E-state index contributed by atoms with van der Waals surface area (Å²) in [6.45, 7) is 3.62. The molecule has 1 saturated carbocycles. The molecule has 10 heteroatoms. The van der Waals surface area contributed by atoms with Gasteiger partial charge in [0.25, 0.3) is 20.0 Å². The van der Waals surface area contributed by atoms with Crippen molar-refractivity contribution >= 4 is 31.9 Å². The number of benzene rings is 2. The zero-order valence-corrected chi connectivity index (χ0v) is 19.5. The summed E-state index contributed by atoms with van der Waals surface area (Å²) in [4.78, 5) is 25.5. The highest BCUT2D eigenvalue weighted by molar-refractivity contribution is 7.90. The average Bonchev–Trinajstić information content (AvgIpc) is 2.73. The quantitative estimate of drug-likeness (QED) is 0.657. The predicted octanol–water partition coefficient (Wildman–Crippen LogP) is 2.42. The van der Waals surface area contributed by atoms with Crippen LogP contribution in [0.15, 0.2) is 58.3 Å². The van der Waals surface area contributed by atoms with Gasteiger partial charge in [-0.05, 0) is 51.0 Å². The number of rotatable bonds is 6. The Morgan fingerprint density at radius 2 is 0.969 bits per heavy atom. The van der Waals surface area contributed by atoms with E-state index < -0.39 is 43.7 Å². The van der Waals surface area contributed by atoms with Gasteiger partial charge >= 0.3 is 0 Å². The third-order valence-electron chi connectivity index (χ3n) is 5.57. The maximum atomic E-state index is 12.8. The van der Waals surface area contributed by atoms with E-state index in [0.717, 1.165) is 11.1 Å². The van der Waals surface area contributed by atoms with Crippen LogP contribution in [0.2, 0.25) is 0 Å². The van der Waals surface area contributed by atoms with Crippen LogP contribution >= 0.6 is 0 Å². The van der Waals surface area contributed by atoms with Crippen molar-refractivity contribution in [1.29, 1.82) is 0 Å². The number of carbonyl (C=O) groups excluding carboxylic acids is 2. The van der Waals surface area contributed by atoms with Gasteiger partial charge in [0.05, 0.1) is 21.6 Å². The molecule has 1 aliphatic rings. The first-order valence-electron chi connectivity index (χ1n) is 10.3. The van der Waals surface area contributed by atoms with Crippen LogP contribution < -0.4 is 9.44 Å². The Hall–Kier alpha value is -2.72. The number of nitrogens with one attached hydrogen (secondary N) is 2. The average molecular weight is 479 g/mol. The summed E-state index contributed by atoms with van der Waals surface area (Å²) in [6.07, 6.45) is 1.85. The Morgan fingerprint density at radius 1 is 0.656 bits per heavy atom. The monoisotopic (exact) mass is 478 g/mol. The highest BCUT2D eigenvalue weighted by Crippen LogP contribution is 2.31. The molecule has 1 aliphatic carbocycles. The van der Waals surface area contributed by atoms with E-state index in [4.69, 9.17) is 0 Å². The third-order valence-corrected chi connectivity index (χ3v) is 8.30. The van der Waals surface area contributed by atoms with Crippen LogP contribution in [0.4, 0.5) is 0 Å². The van der Waals surface area contributed by atoms with Crippen molar-refractivity contribution in [2.75, 3.05) is 0 Å². The summed E-state index contributed by atoms with van der Waals surface area (Å²) in [7, 11) is -8.21. The molecular formula is C22H26N2O6S2. The van der Waals surface area contributed by atoms with Gasteiger partial charge in [-0.2, -0.15) is 0 Å². The molecule has 172 valence electrons. The molecule has 2 amide bonds. The second kappa shape index (κ2) is 9.41. The number of sulfonamides is 2. The molecule has 0 aliphatic heterocycles. The van der Waals surface area contributed by atoms with Crippen LogP contribution in [-0.4, -0.2) is 28.6 Å². The van der Waals surface area contributed by atoms with E-state index in [2.05, 4.69) is 9.44 Å². The van der Waals surface area contributed by atoms with Gasteiger partial charge in [-0.3, -0.25) is 9.59 Å². The summed E-state index contributed by atoms with van der Waals surface area (Å²) in [5.74, 6) is -3.51. The van der Waals surface area contributed by atoms with E-state index in [0.29, 0.717) is 12.8 Å². The van der Waals surface area contributed by atoms with Crippen LogP contribution in [0.5, 0.6) is 0 Å². The molecule has 8 nitrogen and oxygen atoms in total. The first kappa shape index (κ1) is 23.9. The number of hydrogen-bond acceptors (Lipinski definition) is 6. The first-order valence-corrected chi connectivity index (χ1v) is 13.2. The number of aryl methyl sites for hydroxylation is 2. The lowest BCUT2D eigenvalue weighted by Gasteiger charge is -2.29. The fourth-order valence-corrected chi connectivity index (χ4v) is 5.78. The maximum absolute atomic E-state index is 12.8. The van der Waals surface area contributed by atoms with Gasteiger partial charge in [-0.1, -0.05) is 48.2 Å². The Bertz CT molecular complexity index is 1110. The molecule has 0 saturated heterocycles. The molecule has 2 unspecified atom stereocenters. The van der Waals surface area contributed by atoms with Crippen LogP contribution in [0.3, 0.4) is 0 Å². The van der Waals surface area contributed by atoms with E-state index in [1.54, 1.807) is 24.3 Å². The van der Waals surface area contributed by atoms with Crippen molar-refractivity contribution < 1.29 is 26.4 Å². The van der Waals surface area contributed by atoms with Crippen molar-refractivity contribution in [2.45, 2.75) is 49.3 Å². The van der Waals surface area contributed by atoms with E-state index in [1.807, 2.05) is 13.8 Å². The van der Waals surface area contributed by atoms with E-state index in [9.17, 15) is 26.4 Å². The summed E-state index contributed by atoms with van der Waals surface area (Å²) in [5, 5.41) is 0. The molecule has 2 aromatic carbocycles. The standard InChI is InChI=1S/C22H26N2O6S2/c1-15-7-11-17(12-8-15)31(27,28)23-21(25)19-5-3-4-6-20(19)22(26)24-32(29,30)18-13-9-16(2)10-14-18/h7-14,19-20H,3-6H2,1-2H3,(H,23,25)(H,24,26). The number of hydrogen-bond donors (Lipinski definition) is 2. The normalized spacial score (nSPS) is 19.2. The first-order chi connectivity index (χ1) is 15.0. The lowest BCUT2D eigenvalue weighted by molar-refractivity contribution is -0.134. The molecule has 32 heavy (non-hydrogen) atoms. The van der Waals surface area contributed by atoms with Gasteiger partial charge in [0, 0.05) is 0 Å². The van der Waals surface area contributed by atoms with Crippen LogP contribution in [0.1, 0.15) is 36.8 Å². The highest BCUT2D eigenvalue weighted by Gasteiger charge is 2.38. The minimum Gasteiger partial charge on any atom is -0.274 e. The lowest BCUT2D eigenvalue weighted by atomic mass is 9.78. The van der Waals surface area contributed by atoms with Gasteiger partial charge in [0.2, 0.25) is 11.8 Å². The summed E-state index contributed by atoms with van der Waals surface area (Å²) in [5.41, 5.74) is 1.74. The molecule has 2 aromatic rings. The minimum absolute atomic E-state index is 0.0600. The van der Waals surface area contributed by atoms with Gasteiger partial charge in [-0.15, -0.1) is 0 Å². The van der Waals surface area contributed by atoms with Crippen molar-refractivity contribution in [2.24, 2.45) is 11.8 Å². The van der Waals surface area contributed by atoms with E-state index in [-0.39, 0.29) is 22.6 Å². The Kier molecular flexibility index (Phi) is 7.04. The zero-order valence-electron chi connectivity index (χ0n) is 17.9. The molecule has 0 bridgehead atoms. The third kappa shape index (κ3) is 5.55. The summed E-state index contributed by atoms with van der Waals surface area (Å²) >= 11 is 0. The van der Waals surface area contributed by atoms with Crippen LogP contribution in [-0.2, 0) is 29.6 Å².